The summed E-state index contributed by atoms with van der Waals surface area (Å²) < 4.78 is 1.87. The molecule has 1 unspecified atom stereocenters. The summed E-state index contributed by atoms with van der Waals surface area (Å²) in [6.45, 7) is 3.79. The van der Waals surface area contributed by atoms with Gasteiger partial charge in [-0.15, -0.1) is 11.6 Å². The van der Waals surface area contributed by atoms with Crippen LogP contribution in [0.15, 0.2) is 18.2 Å². The van der Waals surface area contributed by atoms with Gasteiger partial charge in [0.2, 0.25) is 5.91 Å². The predicted octanol–water partition coefficient (Wildman–Crippen LogP) is 2.17. The number of nitrogens with two attached hydrogens (primary N) is 1. The number of halogens is 1. The van der Waals surface area contributed by atoms with E-state index in [2.05, 4.69) is 4.98 Å². The van der Waals surface area contributed by atoms with Gasteiger partial charge in [-0.3, -0.25) is 4.79 Å². The van der Waals surface area contributed by atoms with Gasteiger partial charge in [0, 0.05) is 12.3 Å². The van der Waals surface area contributed by atoms with Crippen molar-refractivity contribution < 1.29 is 4.79 Å². The highest BCUT2D eigenvalue weighted by atomic mass is 35.5. The van der Waals surface area contributed by atoms with Crippen LogP contribution < -0.4 is 5.73 Å². The van der Waals surface area contributed by atoms with Crippen LogP contribution in [0.3, 0.4) is 0 Å². The Kier molecular flexibility index (Phi) is 3.57. The fourth-order valence-corrected chi connectivity index (χ4v) is 2.25. The number of amides is 1. The van der Waals surface area contributed by atoms with Crippen molar-refractivity contribution in [1.82, 2.24) is 9.55 Å². The third-order valence-electron chi connectivity index (χ3n) is 3.04. The number of aryl methyl sites for hydroxylation is 2. The highest BCUT2D eigenvalue weighted by Gasteiger charge is 2.19. The third kappa shape index (κ3) is 2.20. The quantitative estimate of drug-likeness (QED) is 0.862. The van der Waals surface area contributed by atoms with Crippen LogP contribution >= 0.6 is 11.6 Å². The van der Waals surface area contributed by atoms with Crippen LogP contribution in [0.1, 0.15) is 24.4 Å². The van der Waals surface area contributed by atoms with Gasteiger partial charge in [0.1, 0.15) is 11.9 Å². The first-order valence-electron chi connectivity index (χ1n) is 5.87. The number of alkyl halides is 1. The van der Waals surface area contributed by atoms with Crippen LogP contribution in [0.4, 0.5) is 0 Å². The minimum atomic E-state index is -0.420. The molecule has 0 aliphatic rings. The number of benzene rings is 1. The van der Waals surface area contributed by atoms with Crippen molar-refractivity contribution in [2.24, 2.45) is 5.73 Å². The molecule has 0 saturated heterocycles. The molecule has 1 heterocycles. The summed E-state index contributed by atoms with van der Waals surface area (Å²) in [7, 11) is 0. The number of carbonyl (C=O) groups excluding carboxylic acids is 1. The first kappa shape index (κ1) is 12.9. The average Bonchev–Trinajstić information content (AvgIpc) is 2.65. The normalized spacial score (nSPS) is 12.8. The molecule has 2 N–H and O–H groups in total. The molecule has 1 amide bonds. The molecular formula is C13H16ClN3O. The number of fused-ring (bicyclic) bond motifs is 1. The molecular weight excluding hydrogens is 250 g/mol. The van der Waals surface area contributed by atoms with Crippen molar-refractivity contribution in [3.05, 3.63) is 29.6 Å². The predicted molar refractivity (Wildman–Crippen MR) is 72.8 cm³/mol. The van der Waals surface area contributed by atoms with Crippen LogP contribution in [0.25, 0.3) is 11.0 Å². The molecule has 1 aromatic carbocycles. The second-order valence-corrected chi connectivity index (χ2v) is 4.79. The highest BCUT2D eigenvalue weighted by molar-refractivity contribution is 6.17. The standard InChI is InChI=1S/C13H16ClN3O/c1-8-3-4-11-10(7-8)16-12(5-6-14)17(11)9(2)13(15)18/h3-4,7,9H,5-6H2,1-2H3,(H2,15,18). The second-order valence-electron chi connectivity index (χ2n) is 4.41. The maximum absolute atomic E-state index is 11.4. The first-order chi connectivity index (χ1) is 8.54. The Morgan fingerprint density at radius 3 is 2.89 bits per heavy atom. The minimum absolute atomic E-state index is 0.370. The molecule has 0 spiro atoms. The number of hydrogen-bond donors (Lipinski definition) is 1. The molecule has 1 aromatic heterocycles. The molecule has 0 saturated carbocycles. The van der Waals surface area contributed by atoms with Crippen molar-refractivity contribution in [3.63, 3.8) is 0 Å². The molecule has 4 nitrogen and oxygen atoms in total. The van der Waals surface area contributed by atoms with Crippen LogP contribution in [-0.2, 0) is 11.2 Å². The van der Waals surface area contributed by atoms with Gasteiger partial charge in [-0.1, -0.05) is 6.07 Å². The lowest BCUT2D eigenvalue weighted by molar-refractivity contribution is -0.120. The smallest absolute Gasteiger partial charge is 0.240 e. The van der Waals surface area contributed by atoms with E-state index in [9.17, 15) is 4.79 Å². The summed E-state index contributed by atoms with van der Waals surface area (Å²) in [6.07, 6.45) is 0.618. The van der Waals surface area contributed by atoms with Gasteiger partial charge in [0.15, 0.2) is 0 Å². The van der Waals surface area contributed by atoms with E-state index in [1.807, 2.05) is 29.7 Å². The van der Waals surface area contributed by atoms with E-state index >= 15 is 0 Å². The summed E-state index contributed by atoms with van der Waals surface area (Å²) in [6, 6.07) is 5.54. The van der Waals surface area contributed by atoms with E-state index < -0.39 is 6.04 Å². The van der Waals surface area contributed by atoms with Crippen molar-refractivity contribution in [1.29, 1.82) is 0 Å². The lowest BCUT2D eigenvalue weighted by atomic mass is 10.2. The number of hydrogen-bond acceptors (Lipinski definition) is 2. The Morgan fingerprint density at radius 2 is 2.28 bits per heavy atom. The zero-order valence-electron chi connectivity index (χ0n) is 10.5. The zero-order valence-corrected chi connectivity index (χ0v) is 11.2. The molecule has 2 rings (SSSR count). The fourth-order valence-electron chi connectivity index (χ4n) is 2.08. The van der Waals surface area contributed by atoms with Gasteiger partial charge in [-0.2, -0.15) is 0 Å². The van der Waals surface area contributed by atoms with Crippen molar-refractivity contribution in [2.75, 3.05) is 5.88 Å². The second kappa shape index (κ2) is 4.98. The Bertz CT molecular complexity index is 591. The molecule has 0 aliphatic carbocycles. The fraction of sp³-hybridized carbons (Fsp3) is 0.385. The Labute approximate surface area is 111 Å². The maximum Gasteiger partial charge on any atom is 0.240 e. The minimum Gasteiger partial charge on any atom is -0.368 e. The number of primary amides is 1. The lowest BCUT2D eigenvalue weighted by Crippen LogP contribution is -2.25. The van der Waals surface area contributed by atoms with Gasteiger partial charge in [0.05, 0.1) is 11.0 Å². The molecule has 0 bridgehead atoms. The van der Waals surface area contributed by atoms with Gasteiger partial charge < -0.3 is 10.3 Å². The van der Waals surface area contributed by atoms with E-state index in [0.29, 0.717) is 12.3 Å². The lowest BCUT2D eigenvalue weighted by Gasteiger charge is -2.13. The summed E-state index contributed by atoms with van der Waals surface area (Å²) in [5, 5.41) is 0. The Morgan fingerprint density at radius 1 is 1.56 bits per heavy atom. The Balaban J connectivity index is 2.66. The van der Waals surface area contributed by atoms with E-state index in [-0.39, 0.29) is 5.91 Å². The highest BCUT2D eigenvalue weighted by Crippen LogP contribution is 2.22. The topological polar surface area (TPSA) is 60.9 Å². The zero-order chi connectivity index (χ0) is 13.3. The third-order valence-corrected chi connectivity index (χ3v) is 3.22. The van der Waals surface area contributed by atoms with Gasteiger partial charge >= 0.3 is 0 Å². The van der Waals surface area contributed by atoms with Crippen LogP contribution in [0.5, 0.6) is 0 Å². The number of nitrogens with zero attached hydrogens (tertiary/aromatic N) is 2. The molecule has 2 aromatic rings. The summed E-state index contributed by atoms with van der Waals surface area (Å²) in [5.41, 5.74) is 8.33. The summed E-state index contributed by atoms with van der Waals surface area (Å²) in [5.74, 6) is 0.899. The average molecular weight is 266 g/mol. The van der Waals surface area contributed by atoms with E-state index in [4.69, 9.17) is 17.3 Å². The maximum atomic E-state index is 11.4. The summed E-state index contributed by atoms with van der Waals surface area (Å²) in [4.78, 5) is 15.9. The van der Waals surface area contributed by atoms with E-state index in [1.165, 1.54) is 0 Å². The van der Waals surface area contributed by atoms with E-state index in [0.717, 1.165) is 22.4 Å². The summed E-state index contributed by atoms with van der Waals surface area (Å²) >= 11 is 5.78. The van der Waals surface area contributed by atoms with E-state index in [1.54, 1.807) is 6.92 Å². The van der Waals surface area contributed by atoms with Crippen LogP contribution in [-0.4, -0.2) is 21.3 Å². The molecule has 18 heavy (non-hydrogen) atoms. The monoisotopic (exact) mass is 265 g/mol. The van der Waals surface area contributed by atoms with Crippen LogP contribution in [0.2, 0.25) is 0 Å². The van der Waals surface area contributed by atoms with Crippen molar-refractivity contribution in [2.45, 2.75) is 26.3 Å². The van der Waals surface area contributed by atoms with Gasteiger partial charge in [-0.05, 0) is 31.5 Å². The van der Waals surface area contributed by atoms with Gasteiger partial charge in [0.25, 0.3) is 0 Å². The Hall–Kier alpha value is -1.55. The molecule has 1 atom stereocenters. The molecule has 96 valence electrons. The van der Waals surface area contributed by atoms with Gasteiger partial charge in [-0.25, -0.2) is 4.98 Å². The first-order valence-corrected chi connectivity index (χ1v) is 6.40. The number of rotatable bonds is 4. The SMILES string of the molecule is Cc1ccc2c(c1)nc(CCCl)n2C(C)C(N)=O. The number of imidazole rings is 1. The number of carbonyl (C=O) groups is 1. The molecule has 0 aliphatic heterocycles. The van der Waals surface area contributed by atoms with Crippen molar-refractivity contribution >= 4 is 28.5 Å². The number of aromatic nitrogens is 2. The molecule has 5 heteroatoms. The largest absolute Gasteiger partial charge is 0.368 e. The molecule has 0 radical (unpaired) electrons. The van der Waals surface area contributed by atoms with Crippen molar-refractivity contribution in [3.8, 4) is 0 Å². The molecule has 0 fully saturated rings. The van der Waals surface area contributed by atoms with Crippen LogP contribution in [0, 0.1) is 6.92 Å².